The van der Waals surface area contributed by atoms with Crippen molar-refractivity contribution in [2.45, 2.75) is 89.5 Å². The highest BCUT2D eigenvalue weighted by molar-refractivity contribution is 5.94. The molecule has 332 valence electrons. The Morgan fingerprint density at radius 3 is 1.34 bits per heavy atom. The Morgan fingerprint density at radius 2 is 0.984 bits per heavy atom. The lowest BCUT2D eigenvalue weighted by Gasteiger charge is -2.18. The van der Waals surface area contributed by atoms with E-state index in [0.29, 0.717) is 23.2 Å². The molecule has 2 aromatic carbocycles. The number of carbonyl (C=O) groups excluding carboxylic acids is 2. The summed E-state index contributed by atoms with van der Waals surface area (Å²) in [4.78, 5) is 57.2. The number of nitrogens with zero attached hydrogens (tertiary/aromatic N) is 4. The first-order valence-electron chi connectivity index (χ1n) is 22.3. The van der Waals surface area contributed by atoms with E-state index in [1.165, 1.54) is 32.4 Å². The highest BCUT2D eigenvalue weighted by Crippen LogP contribution is 2.41. The van der Waals surface area contributed by atoms with Gasteiger partial charge in [0.2, 0.25) is 11.8 Å². The SMILES string of the molecule is C[C@@H](C(=O)Nc1ccc(C[C@@H]2CC[C@H]([C@H](O)c3cccnc3)C2)cc1)n1ccccc1=O.C[C@H](C(=O)Nc1ccc(C[C@@H]2CC[C@H]([C@H](O)c3cccnc3)C2)cc1)n1ccccc1=O. The van der Waals surface area contributed by atoms with Crippen molar-refractivity contribution in [3.8, 4) is 0 Å². The maximum Gasteiger partial charge on any atom is 0.251 e. The number of amides is 2. The van der Waals surface area contributed by atoms with Crippen molar-refractivity contribution < 1.29 is 19.8 Å². The van der Waals surface area contributed by atoms with Gasteiger partial charge < -0.3 is 30.0 Å². The quantitative estimate of drug-likeness (QED) is 0.0849. The fourth-order valence-electron chi connectivity index (χ4n) is 9.20. The minimum atomic E-state index is -0.593. The maximum atomic E-state index is 12.5. The van der Waals surface area contributed by atoms with Gasteiger partial charge in [0.1, 0.15) is 12.1 Å². The van der Waals surface area contributed by atoms with Crippen LogP contribution in [0.2, 0.25) is 0 Å². The Labute approximate surface area is 374 Å². The van der Waals surface area contributed by atoms with E-state index >= 15 is 0 Å². The minimum Gasteiger partial charge on any atom is -0.388 e. The molecular formula is C52H58N6O6. The van der Waals surface area contributed by atoms with Crippen molar-refractivity contribution in [2.75, 3.05) is 10.6 Å². The Kier molecular flexibility index (Phi) is 15.5. The predicted octanol–water partition coefficient (Wildman–Crippen LogP) is 8.27. The normalized spacial score (nSPS) is 19.9. The number of hydrogen-bond donors (Lipinski definition) is 4. The van der Waals surface area contributed by atoms with Crippen molar-refractivity contribution >= 4 is 23.2 Å². The zero-order valence-electron chi connectivity index (χ0n) is 36.4. The molecule has 6 aromatic rings. The van der Waals surface area contributed by atoms with Gasteiger partial charge in [-0.1, -0.05) is 48.5 Å². The second-order valence-electron chi connectivity index (χ2n) is 17.4. The fourth-order valence-corrected chi connectivity index (χ4v) is 9.20. The largest absolute Gasteiger partial charge is 0.388 e. The number of benzene rings is 2. The number of aliphatic hydroxyl groups excluding tert-OH is 2. The molecule has 12 heteroatoms. The van der Waals surface area contributed by atoms with Crippen LogP contribution in [0.5, 0.6) is 0 Å². The van der Waals surface area contributed by atoms with E-state index in [-0.39, 0.29) is 34.8 Å². The summed E-state index contributed by atoms with van der Waals surface area (Å²) in [5, 5.41) is 27.1. The van der Waals surface area contributed by atoms with Crippen LogP contribution in [-0.2, 0) is 22.4 Å². The van der Waals surface area contributed by atoms with Crippen molar-refractivity contribution in [1.82, 2.24) is 19.1 Å². The lowest BCUT2D eigenvalue weighted by molar-refractivity contribution is -0.119. The van der Waals surface area contributed by atoms with Gasteiger partial charge in [0, 0.05) is 60.7 Å². The number of rotatable bonds is 14. The molecule has 0 spiro atoms. The van der Waals surface area contributed by atoms with Crippen LogP contribution < -0.4 is 21.8 Å². The number of aliphatic hydroxyl groups is 2. The highest BCUT2D eigenvalue weighted by Gasteiger charge is 2.32. The summed E-state index contributed by atoms with van der Waals surface area (Å²) < 4.78 is 2.83. The zero-order chi connectivity index (χ0) is 45.0. The first-order chi connectivity index (χ1) is 31.0. The summed E-state index contributed by atoms with van der Waals surface area (Å²) >= 11 is 0. The highest BCUT2D eigenvalue weighted by atomic mass is 16.3. The van der Waals surface area contributed by atoms with Crippen LogP contribution in [0, 0.1) is 23.7 Å². The molecule has 2 fully saturated rings. The van der Waals surface area contributed by atoms with E-state index in [2.05, 4.69) is 20.6 Å². The van der Waals surface area contributed by atoms with Gasteiger partial charge in [-0.15, -0.1) is 0 Å². The average Bonchev–Trinajstić information content (AvgIpc) is 4.00. The molecule has 8 atom stereocenters. The van der Waals surface area contributed by atoms with E-state index in [4.69, 9.17) is 0 Å². The van der Waals surface area contributed by atoms with Crippen molar-refractivity contribution in [1.29, 1.82) is 0 Å². The van der Waals surface area contributed by atoms with Gasteiger partial charge >= 0.3 is 0 Å². The van der Waals surface area contributed by atoms with Gasteiger partial charge in [-0.3, -0.25) is 29.1 Å². The van der Waals surface area contributed by atoms with Gasteiger partial charge in [0.25, 0.3) is 11.1 Å². The molecule has 2 amide bonds. The Balaban J connectivity index is 0.000000191. The lowest BCUT2D eigenvalue weighted by atomic mass is 9.92. The predicted molar refractivity (Wildman–Crippen MR) is 248 cm³/mol. The third-order valence-electron chi connectivity index (χ3n) is 12.9. The van der Waals surface area contributed by atoms with Crippen LogP contribution in [0.3, 0.4) is 0 Å². The maximum absolute atomic E-state index is 12.5. The molecule has 0 radical (unpaired) electrons. The van der Waals surface area contributed by atoms with E-state index in [1.807, 2.05) is 72.8 Å². The van der Waals surface area contributed by atoms with E-state index < -0.39 is 24.3 Å². The van der Waals surface area contributed by atoms with Crippen LogP contribution in [0.25, 0.3) is 0 Å². The number of hydrogen-bond acceptors (Lipinski definition) is 8. The average molecular weight is 863 g/mol. The number of pyridine rings is 4. The van der Waals surface area contributed by atoms with E-state index in [0.717, 1.165) is 62.5 Å². The molecule has 2 aliphatic carbocycles. The number of carbonyl (C=O) groups is 2. The van der Waals surface area contributed by atoms with Crippen molar-refractivity contribution in [3.63, 3.8) is 0 Å². The third kappa shape index (κ3) is 11.9. The van der Waals surface area contributed by atoms with Crippen LogP contribution >= 0.6 is 0 Å². The third-order valence-corrected chi connectivity index (χ3v) is 12.9. The van der Waals surface area contributed by atoms with Gasteiger partial charge in [-0.2, -0.15) is 0 Å². The summed E-state index contributed by atoms with van der Waals surface area (Å²) in [5.74, 6) is 1.16. The summed E-state index contributed by atoms with van der Waals surface area (Å²) in [5.41, 5.74) is 5.25. The monoisotopic (exact) mass is 862 g/mol. The fraction of sp³-hybridized carbons (Fsp3) is 0.346. The summed E-state index contributed by atoms with van der Waals surface area (Å²) in [6.07, 6.45) is 17.4. The number of nitrogens with one attached hydrogen (secondary N) is 2. The topological polar surface area (TPSA) is 168 Å². The molecule has 64 heavy (non-hydrogen) atoms. The van der Waals surface area contributed by atoms with Crippen LogP contribution in [0.15, 0.2) is 156 Å². The summed E-state index contributed by atoms with van der Waals surface area (Å²) in [6.45, 7) is 3.42. The molecule has 4 heterocycles. The van der Waals surface area contributed by atoms with Gasteiger partial charge in [0.05, 0.1) is 12.2 Å². The summed E-state index contributed by atoms with van der Waals surface area (Å²) in [7, 11) is 0. The number of aromatic nitrogens is 4. The van der Waals surface area contributed by atoms with E-state index in [9.17, 15) is 29.4 Å². The van der Waals surface area contributed by atoms with Crippen LogP contribution in [-0.4, -0.2) is 41.1 Å². The summed E-state index contributed by atoms with van der Waals surface area (Å²) in [6, 6.07) is 31.9. The second-order valence-corrected chi connectivity index (χ2v) is 17.4. The Hall–Kier alpha value is -6.50. The molecule has 4 N–H and O–H groups in total. The van der Waals surface area contributed by atoms with Gasteiger partial charge in [-0.25, -0.2) is 0 Å². The van der Waals surface area contributed by atoms with Crippen molar-refractivity contribution in [2.24, 2.45) is 23.7 Å². The first kappa shape index (κ1) is 45.5. The first-order valence-corrected chi connectivity index (χ1v) is 22.3. The Morgan fingerprint density at radius 1 is 0.578 bits per heavy atom. The molecule has 4 aromatic heterocycles. The molecule has 0 saturated heterocycles. The molecule has 0 bridgehead atoms. The lowest BCUT2D eigenvalue weighted by Crippen LogP contribution is -2.30. The van der Waals surface area contributed by atoms with Crippen molar-refractivity contribution in [3.05, 3.63) is 189 Å². The van der Waals surface area contributed by atoms with Crippen LogP contribution in [0.1, 0.15) is 98.9 Å². The molecule has 0 unspecified atom stereocenters. The zero-order valence-corrected chi connectivity index (χ0v) is 36.4. The van der Waals surface area contributed by atoms with Gasteiger partial charge in [0.15, 0.2) is 0 Å². The second kappa shape index (κ2) is 21.7. The minimum absolute atomic E-state index is 0.200. The number of anilines is 2. The molecule has 12 nitrogen and oxygen atoms in total. The standard InChI is InChI=1S/2C26H29N3O3/c2*1-18(29-14-3-2-6-24(29)30)26(32)28-23-11-8-19(9-12-23)15-20-7-10-21(16-20)25(31)22-5-4-13-27-17-22/h2*2-6,8-9,11-14,17-18,20-21,25,31H,7,10,15-16H2,1H3,(H,28,32)/t18-,20+,21+,25+;18-,20-,21-,25-/m10/s1. The molecular weight excluding hydrogens is 805 g/mol. The molecule has 0 aliphatic heterocycles. The molecule has 2 aliphatic rings. The molecule has 2 saturated carbocycles. The van der Waals surface area contributed by atoms with Crippen LogP contribution in [0.4, 0.5) is 11.4 Å². The van der Waals surface area contributed by atoms with E-state index in [1.54, 1.807) is 75.3 Å². The Bertz CT molecular complexity index is 2370. The smallest absolute Gasteiger partial charge is 0.251 e. The molecule has 8 rings (SSSR count). The van der Waals surface area contributed by atoms with Gasteiger partial charge in [-0.05, 0) is 160 Å².